The molecule has 3 heteroatoms. The molecule has 0 saturated carbocycles. The van der Waals surface area contributed by atoms with Crippen molar-refractivity contribution in [3.63, 3.8) is 0 Å². The summed E-state index contributed by atoms with van der Waals surface area (Å²) in [4.78, 5) is 10.5. The van der Waals surface area contributed by atoms with E-state index in [2.05, 4.69) is 6.58 Å². The lowest BCUT2D eigenvalue weighted by molar-refractivity contribution is -0.118. The smallest absolute Gasteiger partial charge is 0.242 e. The van der Waals surface area contributed by atoms with Crippen LogP contribution in [0.3, 0.4) is 0 Å². The molecule has 1 radical (unpaired) electrons. The molecule has 0 heterocycles. The Hall–Kier alpha value is -1.61. The molecule has 0 saturated heterocycles. The molecule has 3 N–H and O–H groups in total. The van der Waals surface area contributed by atoms with Crippen molar-refractivity contribution in [2.24, 2.45) is 5.73 Å². The van der Waals surface area contributed by atoms with Crippen LogP contribution < -0.4 is 11.5 Å². The second kappa shape index (κ2) is 4.58. The van der Waals surface area contributed by atoms with Crippen LogP contribution in [0.4, 0.5) is 0 Å². The van der Waals surface area contributed by atoms with Gasteiger partial charge in [0.25, 0.3) is 0 Å². The monoisotopic (exact) mass is 189 g/mol. The van der Waals surface area contributed by atoms with Gasteiger partial charge in [0.05, 0.1) is 6.42 Å². The molecule has 1 unspecified atom stereocenters. The molecule has 0 aliphatic heterocycles. The number of carbonyl (C=O) groups is 1. The maximum atomic E-state index is 10.5. The molecule has 1 aromatic rings. The minimum atomic E-state index is -0.578. The van der Waals surface area contributed by atoms with Gasteiger partial charge in [0.15, 0.2) is 0 Å². The molecule has 1 aromatic carbocycles. The fourth-order valence-electron chi connectivity index (χ4n) is 1.18. The Labute approximate surface area is 83.4 Å². The van der Waals surface area contributed by atoms with Crippen molar-refractivity contribution >= 4 is 5.91 Å². The number of nitrogens with two attached hydrogens (primary N) is 1. The van der Waals surface area contributed by atoms with Crippen molar-refractivity contribution < 1.29 is 4.79 Å². The first kappa shape index (κ1) is 10.5. The summed E-state index contributed by atoms with van der Waals surface area (Å²) in [5.74, 6) is -0.578. The Morgan fingerprint density at radius 2 is 2.07 bits per heavy atom. The van der Waals surface area contributed by atoms with E-state index in [1.54, 1.807) is 6.08 Å². The number of benzene rings is 1. The number of nitrogens with one attached hydrogen (secondary N) is 1. The first-order chi connectivity index (χ1) is 6.63. The van der Waals surface area contributed by atoms with Crippen LogP contribution in [-0.2, 0) is 11.2 Å². The largest absolute Gasteiger partial charge is 0.321 e. The van der Waals surface area contributed by atoms with Crippen molar-refractivity contribution in [3.05, 3.63) is 48.0 Å². The van der Waals surface area contributed by atoms with Crippen LogP contribution in [0, 0.1) is 0 Å². The van der Waals surface area contributed by atoms with E-state index < -0.39 is 5.91 Å². The topological polar surface area (TPSA) is 66.9 Å². The number of amides is 1. The molecule has 1 atom stereocenters. The SMILES string of the molecule is C=CC(N)c1ccc(CC([NH])=O)cc1. The van der Waals surface area contributed by atoms with Gasteiger partial charge >= 0.3 is 0 Å². The van der Waals surface area contributed by atoms with Gasteiger partial charge in [0, 0.05) is 6.04 Å². The molecule has 0 spiro atoms. The molecule has 0 aliphatic rings. The van der Waals surface area contributed by atoms with Crippen LogP contribution in [0.25, 0.3) is 0 Å². The maximum absolute atomic E-state index is 10.5. The van der Waals surface area contributed by atoms with Crippen LogP contribution in [0.1, 0.15) is 17.2 Å². The molecule has 14 heavy (non-hydrogen) atoms. The molecule has 0 fully saturated rings. The van der Waals surface area contributed by atoms with E-state index >= 15 is 0 Å². The summed E-state index contributed by atoms with van der Waals surface area (Å²) in [7, 11) is 0. The van der Waals surface area contributed by atoms with Gasteiger partial charge in [0.1, 0.15) is 0 Å². The summed E-state index contributed by atoms with van der Waals surface area (Å²) in [6.07, 6.45) is 1.81. The molecule has 1 rings (SSSR count). The summed E-state index contributed by atoms with van der Waals surface area (Å²) < 4.78 is 0. The quantitative estimate of drug-likeness (QED) is 0.724. The summed E-state index contributed by atoms with van der Waals surface area (Å²) in [5.41, 5.74) is 14.3. The van der Waals surface area contributed by atoms with Crippen molar-refractivity contribution in [1.29, 1.82) is 0 Å². The van der Waals surface area contributed by atoms with E-state index in [9.17, 15) is 4.79 Å². The molecular formula is C11H13N2O. The fraction of sp³-hybridized carbons (Fsp3) is 0.182. The third kappa shape index (κ3) is 2.71. The van der Waals surface area contributed by atoms with Gasteiger partial charge in [-0.25, -0.2) is 0 Å². The highest BCUT2D eigenvalue weighted by Gasteiger charge is 2.02. The third-order valence-corrected chi connectivity index (χ3v) is 1.98. The zero-order chi connectivity index (χ0) is 10.6. The van der Waals surface area contributed by atoms with E-state index in [-0.39, 0.29) is 12.5 Å². The standard InChI is InChI=1S/C11H13N2O/c1-2-10(12)9-5-3-8(4-6-9)7-11(13)14/h2-6,10,13H,1,7,12H2. The van der Waals surface area contributed by atoms with E-state index in [0.29, 0.717) is 0 Å². The summed E-state index contributed by atoms with van der Waals surface area (Å²) >= 11 is 0. The zero-order valence-corrected chi connectivity index (χ0v) is 7.86. The van der Waals surface area contributed by atoms with Crippen molar-refractivity contribution in [2.75, 3.05) is 0 Å². The first-order valence-corrected chi connectivity index (χ1v) is 4.35. The normalized spacial score (nSPS) is 12.1. The van der Waals surface area contributed by atoms with Crippen LogP contribution in [-0.4, -0.2) is 5.91 Å². The Morgan fingerprint density at radius 1 is 1.50 bits per heavy atom. The van der Waals surface area contributed by atoms with Gasteiger partial charge < -0.3 is 5.73 Å². The summed E-state index contributed by atoms with van der Waals surface area (Å²) in [6, 6.07) is 7.15. The average molecular weight is 189 g/mol. The van der Waals surface area contributed by atoms with Crippen molar-refractivity contribution in [3.8, 4) is 0 Å². The predicted molar refractivity (Wildman–Crippen MR) is 55.4 cm³/mol. The van der Waals surface area contributed by atoms with Gasteiger partial charge in [-0.05, 0) is 11.1 Å². The van der Waals surface area contributed by atoms with Gasteiger partial charge in [-0.1, -0.05) is 30.3 Å². The van der Waals surface area contributed by atoms with Crippen LogP contribution in [0.2, 0.25) is 0 Å². The number of carbonyl (C=O) groups excluding carboxylic acids is 1. The summed E-state index contributed by atoms with van der Waals surface area (Å²) in [5, 5.41) is 0. The van der Waals surface area contributed by atoms with Crippen LogP contribution in [0.5, 0.6) is 0 Å². The van der Waals surface area contributed by atoms with E-state index in [0.717, 1.165) is 11.1 Å². The van der Waals surface area contributed by atoms with Gasteiger partial charge in [-0.15, -0.1) is 6.58 Å². The lowest BCUT2D eigenvalue weighted by atomic mass is 10.0. The second-order valence-corrected chi connectivity index (χ2v) is 3.10. The molecule has 1 amide bonds. The number of hydrogen-bond acceptors (Lipinski definition) is 2. The van der Waals surface area contributed by atoms with Crippen LogP contribution in [0.15, 0.2) is 36.9 Å². The maximum Gasteiger partial charge on any atom is 0.242 e. The highest BCUT2D eigenvalue weighted by Crippen LogP contribution is 2.12. The Morgan fingerprint density at radius 3 is 2.50 bits per heavy atom. The Kier molecular flexibility index (Phi) is 3.42. The highest BCUT2D eigenvalue weighted by molar-refractivity contribution is 5.75. The van der Waals surface area contributed by atoms with E-state index in [4.69, 9.17) is 11.5 Å². The van der Waals surface area contributed by atoms with E-state index in [1.807, 2.05) is 24.3 Å². The van der Waals surface area contributed by atoms with Gasteiger partial charge in [-0.2, -0.15) is 0 Å². The second-order valence-electron chi connectivity index (χ2n) is 3.10. The van der Waals surface area contributed by atoms with E-state index in [1.165, 1.54) is 0 Å². The zero-order valence-electron chi connectivity index (χ0n) is 7.86. The molecule has 3 nitrogen and oxygen atoms in total. The minimum Gasteiger partial charge on any atom is -0.321 e. The van der Waals surface area contributed by atoms with Crippen molar-refractivity contribution in [1.82, 2.24) is 5.73 Å². The fourth-order valence-corrected chi connectivity index (χ4v) is 1.18. The van der Waals surface area contributed by atoms with Crippen molar-refractivity contribution in [2.45, 2.75) is 12.5 Å². The Bertz CT molecular complexity index is 330. The molecule has 0 aliphatic carbocycles. The summed E-state index contributed by atoms with van der Waals surface area (Å²) in [6.45, 7) is 3.60. The predicted octanol–water partition coefficient (Wildman–Crippen LogP) is 1.22. The third-order valence-electron chi connectivity index (χ3n) is 1.98. The minimum absolute atomic E-state index is 0.156. The lowest BCUT2D eigenvalue weighted by Gasteiger charge is -2.06. The van der Waals surface area contributed by atoms with Crippen LogP contribution >= 0.6 is 0 Å². The number of rotatable bonds is 4. The number of hydrogen-bond donors (Lipinski definition) is 1. The van der Waals surface area contributed by atoms with Gasteiger partial charge in [0.2, 0.25) is 5.91 Å². The highest BCUT2D eigenvalue weighted by atomic mass is 16.1. The first-order valence-electron chi connectivity index (χ1n) is 4.35. The lowest BCUT2D eigenvalue weighted by Crippen LogP contribution is -2.07. The molecular weight excluding hydrogens is 176 g/mol. The van der Waals surface area contributed by atoms with Gasteiger partial charge in [-0.3, -0.25) is 10.5 Å². The average Bonchev–Trinajstić information content (AvgIpc) is 2.17. The molecule has 73 valence electrons. The molecule has 0 bridgehead atoms. The Balaban J connectivity index is 2.78. The molecule has 0 aromatic heterocycles.